The lowest BCUT2D eigenvalue weighted by molar-refractivity contribution is -0.131. The van der Waals surface area contributed by atoms with Crippen LogP contribution in [0.3, 0.4) is 0 Å². The lowest BCUT2D eigenvalue weighted by Crippen LogP contribution is -2.32. The van der Waals surface area contributed by atoms with Gasteiger partial charge in [0.2, 0.25) is 11.8 Å². The second-order valence-electron chi connectivity index (χ2n) is 6.74. The van der Waals surface area contributed by atoms with Crippen LogP contribution in [0.25, 0.3) is 0 Å². The summed E-state index contributed by atoms with van der Waals surface area (Å²) in [6, 6.07) is 5.94. The van der Waals surface area contributed by atoms with Crippen LogP contribution in [0.5, 0.6) is 0 Å². The molecule has 1 aliphatic rings. The second-order valence-corrected chi connectivity index (χ2v) is 7.17. The Labute approximate surface area is 155 Å². The molecular weight excluding hydrogens is 336 g/mol. The number of rotatable bonds is 9. The van der Waals surface area contributed by atoms with Crippen molar-refractivity contribution in [2.24, 2.45) is 0 Å². The molecule has 2 amide bonds. The first kappa shape index (κ1) is 19.8. The minimum absolute atomic E-state index is 0.0260. The van der Waals surface area contributed by atoms with Crippen molar-refractivity contribution in [2.45, 2.75) is 64.8 Å². The van der Waals surface area contributed by atoms with E-state index in [1.165, 1.54) is 11.1 Å². The van der Waals surface area contributed by atoms with E-state index in [9.17, 15) is 9.59 Å². The van der Waals surface area contributed by atoms with Gasteiger partial charge in [-0.25, -0.2) is 0 Å². The normalized spacial score (nSPS) is 15.7. The Morgan fingerprint density at radius 2 is 1.92 bits per heavy atom. The number of halogens is 1. The largest absolute Gasteiger partial charge is 0.349 e. The first-order valence-electron chi connectivity index (χ1n) is 9.40. The van der Waals surface area contributed by atoms with E-state index in [1.807, 2.05) is 23.1 Å². The smallest absolute Gasteiger partial charge is 0.222 e. The van der Waals surface area contributed by atoms with Crippen molar-refractivity contribution in [1.29, 1.82) is 0 Å². The molecule has 1 aromatic carbocycles. The molecule has 0 bridgehead atoms. The average Bonchev–Trinajstić information content (AvgIpc) is 2.96. The highest BCUT2D eigenvalue weighted by Crippen LogP contribution is 2.32. The van der Waals surface area contributed by atoms with Crippen molar-refractivity contribution >= 4 is 23.4 Å². The van der Waals surface area contributed by atoms with Gasteiger partial charge in [-0.1, -0.05) is 31.5 Å². The second kappa shape index (κ2) is 9.81. The Balaban J connectivity index is 1.76. The van der Waals surface area contributed by atoms with Crippen molar-refractivity contribution in [3.05, 3.63) is 34.3 Å². The highest BCUT2D eigenvalue weighted by Gasteiger charge is 2.24. The average molecular weight is 365 g/mol. The molecule has 138 valence electrons. The van der Waals surface area contributed by atoms with Gasteiger partial charge in [0.05, 0.1) is 6.04 Å². The molecule has 4 nitrogen and oxygen atoms in total. The van der Waals surface area contributed by atoms with Crippen LogP contribution in [-0.4, -0.2) is 29.8 Å². The van der Waals surface area contributed by atoms with Gasteiger partial charge in [0.15, 0.2) is 0 Å². The molecule has 0 saturated carbocycles. The number of benzene rings is 1. The van der Waals surface area contributed by atoms with Crippen LogP contribution < -0.4 is 5.32 Å². The maximum Gasteiger partial charge on any atom is 0.222 e. The Morgan fingerprint density at radius 1 is 1.20 bits per heavy atom. The van der Waals surface area contributed by atoms with Crippen LogP contribution >= 0.6 is 11.6 Å². The van der Waals surface area contributed by atoms with Crippen LogP contribution in [0.4, 0.5) is 0 Å². The molecule has 0 saturated heterocycles. The summed E-state index contributed by atoms with van der Waals surface area (Å²) in [4.78, 5) is 26.4. The molecule has 1 unspecified atom stereocenters. The predicted molar refractivity (Wildman–Crippen MR) is 102 cm³/mol. The summed E-state index contributed by atoms with van der Waals surface area (Å²) in [6.45, 7) is 5.77. The maximum absolute atomic E-state index is 12.2. The van der Waals surface area contributed by atoms with Gasteiger partial charge in [0.1, 0.15) is 0 Å². The Bertz CT molecular complexity index is 597. The van der Waals surface area contributed by atoms with E-state index in [1.54, 1.807) is 0 Å². The third-order valence-corrected chi connectivity index (χ3v) is 4.89. The molecule has 0 aromatic heterocycles. The molecule has 2 rings (SSSR count). The van der Waals surface area contributed by atoms with E-state index in [2.05, 4.69) is 19.2 Å². The number of hydrogen-bond acceptors (Lipinski definition) is 2. The minimum Gasteiger partial charge on any atom is -0.349 e. The fourth-order valence-electron chi connectivity index (χ4n) is 3.46. The molecule has 1 N–H and O–H groups in total. The van der Waals surface area contributed by atoms with Crippen LogP contribution in [0.15, 0.2) is 18.2 Å². The molecule has 5 heteroatoms. The molecular formula is C20H29ClN2O2. The van der Waals surface area contributed by atoms with Gasteiger partial charge in [-0.2, -0.15) is 0 Å². The number of fused-ring (bicyclic) bond motifs is 1. The van der Waals surface area contributed by atoms with Crippen LogP contribution in [0.2, 0.25) is 5.02 Å². The van der Waals surface area contributed by atoms with Gasteiger partial charge < -0.3 is 10.2 Å². The van der Waals surface area contributed by atoms with Crippen molar-refractivity contribution in [3.63, 3.8) is 0 Å². The van der Waals surface area contributed by atoms with E-state index in [0.29, 0.717) is 19.3 Å². The molecule has 0 aliphatic heterocycles. The summed E-state index contributed by atoms with van der Waals surface area (Å²) in [5.74, 6) is 0.190. The van der Waals surface area contributed by atoms with Gasteiger partial charge in [-0.3, -0.25) is 9.59 Å². The molecule has 25 heavy (non-hydrogen) atoms. The first-order chi connectivity index (χ1) is 12.0. The molecule has 1 aliphatic carbocycles. The molecule has 0 radical (unpaired) electrons. The van der Waals surface area contributed by atoms with Crippen molar-refractivity contribution < 1.29 is 9.59 Å². The number of amides is 2. The molecule has 1 atom stereocenters. The Kier molecular flexibility index (Phi) is 7.76. The number of hydrogen-bond donors (Lipinski definition) is 1. The van der Waals surface area contributed by atoms with E-state index < -0.39 is 0 Å². The zero-order valence-corrected chi connectivity index (χ0v) is 16.1. The van der Waals surface area contributed by atoms with E-state index in [0.717, 1.165) is 43.8 Å². The quantitative estimate of drug-likeness (QED) is 0.711. The van der Waals surface area contributed by atoms with Crippen LogP contribution in [-0.2, 0) is 16.0 Å². The number of aryl methyl sites for hydroxylation is 1. The number of nitrogens with zero attached hydrogens (tertiary/aromatic N) is 1. The first-order valence-corrected chi connectivity index (χ1v) is 9.78. The van der Waals surface area contributed by atoms with Gasteiger partial charge in [-0.05, 0) is 55.4 Å². The topological polar surface area (TPSA) is 49.4 Å². The van der Waals surface area contributed by atoms with Crippen molar-refractivity contribution in [2.75, 3.05) is 13.1 Å². The van der Waals surface area contributed by atoms with Gasteiger partial charge in [-0.15, -0.1) is 0 Å². The lowest BCUT2D eigenvalue weighted by Gasteiger charge is -2.21. The molecule has 1 aromatic rings. The summed E-state index contributed by atoms with van der Waals surface area (Å²) in [5.41, 5.74) is 2.40. The minimum atomic E-state index is 0.0260. The standard InChI is InChI=1S/C20H29ClN2O2/c1-3-12-23(13-4-2)20(25)7-5-6-19(24)22-18-11-8-15-14-16(21)9-10-17(15)18/h9-10,14,18H,3-8,11-13H2,1-2H3,(H,22,24). The molecule has 0 spiro atoms. The summed E-state index contributed by atoms with van der Waals surface area (Å²) < 4.78 is 0. The summed E-state index contributed by atoms with van der Waals surface area (Å²) in [7, 11) is 0. The Morgan fingerprint density at radius 3 is 2.60 bits per heavy atom. The van der Waals surface area contributed by atoms with Gasteiger partial charge in [0, 0.05) is 31.0 Å². The van der Waals surface area contributed by atoms with Crippen molar-refractivity contribution in [1.82, 2.24) is 10.2 Å². The van der Waals surface area contributed by atoms with E-state index in [4.69, 9.17) is 11.6 Å². The van der Waals surface area contributed by atoms with Crippen molar-refractivity contribution in [3.8, 4) is 0 Å². The molecule has 0 fully saturated rings. The zero-order chi connectivity index (χ0) is 18.2. The predicted octanol–water partition coefficient (Wildman–Crippen LogP) is 4.26. The van der Waals surface area contributed by atoms with E-state index in [-0.39, 0.29) is 17.9 Å². The number of nitrogens with one attached hydrogen (secondary N) is 1. The number of carbonyl (C=O) groups excluding carboxylic acids is 2. The highest BCUT2D eigenvalue weighted by atomic mass is 35.5. The summed E-state index contributed by atoms with van der Waals surface area (Å²) in [5, 5.41) is 3.84. The third kappa shape index (κ3) is 5.74. The fourth-order valence-corrected chi connectivity index (χ4v) is 3.66. The van der Waals surface area contributed by atoms with Gasteiger partial charge in [0.25, 0.3) is 0 Å². The van der Waals surface area contributed by atoms with E-state index >= 15 is 0 Å². The third-order valence-electron chi connectivity index (χ3n) is 4.65. The lowest BCUT2D eigenvalue weighted by atomic mass is 10.1. The number of carbonyl (C=O) groups is 2. The van der Waals surface area contributed by atoms with Gasteiger partial charge >= 0.3 is 0 Å². The highest BCUT2D eigenvalue weighted by molar-refractivity contribution is 6.30. The zero-order valence-electron chi connectivity index (χ0n) is 15.3. The monoisotopic (exact) mass is 364 g/mol. The summed E-state index contributed by atoms with van der Waals surface area (Å²) >= 11 is 6.02. The SMILES string of the molecule is CCCN(CCC)C(=O)CCCC(=O)NC1CCc2cc(Cl)ccc21. The van der Waals surface area contributed by atoms with Crippen LogP contribution in [0, 0.1) is 0 Å². The molecule has 0 heterocycles. The fraction of sp³-hybridized carbons (Fsp3) is 0.600. The summed E-state index contributed by atoms with van der Waals surface area (Å²) in [6.07, 6.45) is 5.26. The van der Waals surface area contributed by atoms with Crippen LogP contribution in [0.1, 0.15) is 69.5 Å². The maximum atomic E-state index is 12.2. The Hall–Kier alpha value is -1.55.